The van der Waals surface area contributed by atoms with Crippen LogP contribution in [0, 0.1) is 0 Å². The molecule has 0 aromatic heterocycles. The Labute approximate surface area is 101 Å². The number of hydrogen-bond donors (Lipinski definition) is 1. The van der Waals surface area contributed by atoms with Crippen molar-refractivity contribution in [2.24, 2.45) is 0 Å². The summed E-state index contributed by atoms with van der Waals surface area (Å²) in [4.78, 5) is 0. The highest BCUT2D eigenvalue weighted by molar-refractivity contribution is 9.08. The Balaban J connectivity index is 3.33. The fourth-order valence-corrected chi connectivity index (χ4v) is 2.03. The van der Waals surface area contributed by atoms with Crippen molar-refractivity contribution in [1.29, 1.82) is 0 Å². The van der Waals surface area contributed by atoms with Gasteiger partial charge in [0, 0.05) is 5.33 Å². The third-order valence-corrected chi connectivity index (χ3v) is 3.27. The lowest BCUT2D eigenvalue weighted by Crippen LogP contribution is -1.97. The van der Waals surface area contributed by atoms with Gasteiger partial charge in [0.25, 0.3) is 0 Å². The maximum absolute atomic E-state index is 10.1. The van der Waals surface area contributed by atoms with Gasteiger partial charge in [-0.25, -0.2) is 0 Å². The summed E-state index contributed by atoms with van der Waals surface area (Å²) in [5.74, 6) is 1.20. The van der Waals surface area contributed by atoms with Crippen molar-refractivity contribution >= 4 is 15.9 Å². The third kappa shape index (κ3) is 2.75. The van der Waals surface area contributed by atoms with Crippen LogP contribution in [0.15, 0.2) is 12.1 Å². The standard InChI is InChI=1S/C13H19BrO/c1-8(2)11-5-10(7-14)6-12(9(3)4)13(11)15/h5-6,8-9,15H,7H2,1-4H3. The summed E-state index contributed by atoms with van der Waals surface area (Å²) in [5.41, 5.74) is 3.34. The number of halogens is 1. The molecule has 1 rings (SSSR count). The Kier molecular flexibility index (Phi) is 4.21. The van der Waals surface area contributed by atoms with E-state index in [-0.39, 0.29) is 0 Å². The van der Waals surface area contributed by atoms with Gasteiger partial charge in [0.2, 0.25) is 0 Å². The van der Waals surface area contributed by atoms with Crippen LogP contribution in [0.2, 0.25) is 0 Å². The quantitative estimate of drug-likeness (QED) is 0.800. The lowest BCUT2D eigenvalue weighted by atomic mass is 9.92. The summed E-state index contributed by atoms with van der Waals surface area (Å²) < 4.78 is 0. The van der Waals surface area contributed by atoms with Crippen LogP contribution in [-0.4, -0.2) is 5.11 Å². The highest BCUT2D eigenvalue weighted by Crippen LogP contribution is 2.35. The summed E-state index contributed by atoms with van der Waals surface area (Å²) in [6.45, 7) is 8.43. The summed E-state index contributed by atoms with van der Waals surface area (Å²) >= 11 is 3.47. The van der Waals surface area contributed by atoms with E-state index in [9.17, 15) is 5.11 Å². The molecule has 0 fully saturated rings. The molecule has 1 nitrogen and oxygen atoms in total. The minimum absolute atomic E-state index is 0.362. The molecule has 0 aliphatic carbocycles. The molecule has 0 spiro atoms. The molecule has 0 radical (unpaired) electrons. The zero-order chi connectivity index (χ0) is 11.6. The molecule has 0 aliphatic heterocycles. The van der Waals surface area contributed by atoms with Gasteiger partial charge < -0.3 is 5.11 Å². The van der Waals surface area contributed by atoms with E-state index in [1.54, 1.807) is 0 Å². The molecule has 0 aliphatic rings. The monoisotopic (exact) mass is 270 g/mol. The summed E-state index contributed by atoms with van der Waals surface area (Å²) in [6, 6.07) is 4.17. The molecule has 84 valence electrons. The van der Waals surface area contributed by atoms with Crippen LogP contribution < -0.4 is 0 Å². The number of aromatic hydroxyl groups is 1. The molecule has 0 heterocycles. The molecule has 1 aromatic rings. The Morgan fingerprint density at radius 2 is 1.47 bits per heavy atom. The molecule has 0 bridgehead atoms. The molecule has 0 saturated heterocycles. The second-order valence-corrected chi connectivity index (χ2v) is 5.13. The summed E-state index contributed by atoms with van der Waals surface area (Å²) in [6.07, 6.45) is 0. The molecule has 1 N–H and O–H groups in total. The first-order valence-corrected chi connectivity index (χ1v) is 6.51. The predicted octanol–water partition coefficient (Wildman–Crippen LogP) is 4.53. The van der Waals surface area contributed by atoms with E-state index in [1.165, 1.54) is 5.56 Å². The topological polar surface area (TPSA) is 20.2 Å². The molecule has 2 heteroatoms. The number of hydrogen-bond acceptors (Lipinski definition) is 1. The normalized spacial score (nSPS) is 11.4. The maximum Gasteiger partial charge on any atom is 0.122 e. The van der Waals surface area contributed by atoms with Gasteiger partial charge in [0.05, 0.1) is 0 Å². The van der Waals surface area contributed by atoms with E-state index in [0.717, 1.165) is 16.5 Å². The first-order chi connectivity index (χ1) is 6.97. The van der Waals surface area contributed by atoms with Crippen molar-refractivity contribution in [1.82, 2.24) is 0 Å². The Morgan fingerprint density at radius 1 is 1.07 bits per heavy atom. The number of rotatable bonds is 3. The van der Waals surface area contributed by atoms with E-state index in [4.69, 9.17) is 0 Å². The number of alkyl halides is 1. The maximum atomic E-state index is 10.1. The van der Waals surface area contributed by atoms with E-state index < -0.39 is 0 Å². The smallest absolute Gasteiger partial charge is 0.122 e. The van der Waals surface area contributed by atoms with Crippen molar-refractivity contribution < 1.29 is 5.11 Å². The van der Waals surface area contributed by atoms with Crippen LogP contribution in [-0.2, 0) is 5.33 Å². The van der Waals surface area contributed by atoms with Gasteiger partial charge >= 0.3 is 0 Å². The number of phenolic OH excluding ortho intramolecular Hbond substituents is 1. The second kappa shape index (κ2) is 5.02. The van der Waals surface area contributed by atoms with Crippen molar-refractivity contribution in [2.75, 3.05) is 0 Å². The number of benzene rings is 1. The minimum atomic E-state index is 0.362. The Morgan fingerprint density at radius 3 is 1.73 bits per heavy atom. The van der Waals surface area contributed by atoms with Crippen LogP contribution in [0.3, 0.4) is 0 Å². The molecule has 0 atom stereocenters. The van der Waals surface area contributed by atoms with Gasteiger partial charge in [0.15, 0.2) is 0 Å². The molecule has 15 heavy (non-hydrogen) atoms. The van der Waals surface area contributed by atoms with Crippen LogP contribution in [0.5, 0.6) is 5.75 Å². The van der Waals surface area contributed by atoms with Gasteiger partial charge in [-0.2, -0.15) is 0 Å². The predicted molar refractivity (Wildman–Crippen MR) is 68.9 cm³/mol. The summed E-state index contributed by atoms with van der Waals surface area (Å²) in [5, 5.41) is 11.0. The lowest BCUT2D eigenvalue weighted by Gasteiger charge is -2.16. The van der Waals surface area contributed by atoms with Crippen molar-refractivity contribution in [3.8, 4) is 5.75 Å². The third-order valence-electron chi connectivity index (χ3n) is 2.63. The van der Waals surface area contributed by atoms with Gasteiger partial charge in [-0.1, -0.05) is 55.8 Å². The highest BCUT2D eigenvalue weighted by atomic mass is 79.9. The van der Waals surface area contributed by atoms with Gasteiger partial charge in [0.1, 0.15) is 5.75 Å². The molecular formula is C13H19BrO. The van der Waals surface area contributed by atoms with Crippen LogP contribution >= 0.6 is 15.9 Å². The first-order valence-electron chi connectivity index (χ1n) is 5.39. The SMILES string of the molecule is CC(C)c1cc(CBr)cc(C(C)C)c1O. The Hall–Kier alpha value is -0.500. The largest absolute Gasteiger partial charge is 0.507 e. The lowest BCUT2D eigenvalue weighted by molar-refractivity contribution is 0.454. The average molecular weight is 271 g/mol. The van der Waals surface area contributed by atoms with Crippen LogP contribution in [0.25, 0.3) is 0 Å². The van der Waals surface area contributed by atoms with Crippen molar-refractivity contribution in [3.05, 3.63) is 28.8 Å². The zero-order valence-corrected chi connectivity index (χ0v) is 11.4. The first kappa shape index (κ1) is 12.6. The van der Waals surface area contributed by atoms with E-state index >= 15 is 0 Å². The van der Waals surface area contributed by atoms with Gasteiger partial charge in [-0.15, -0.1) is 0 Å². The fraction of sp³-hybridized carbons (Fsp3) is 0.538. The number of phenols is 1. The summed E-state index contributed by atoms with van der Waals surface area (Å²) in [7, 11) is 0. The molecule has 1 aromatic carbocycles. The minimum Gasteiger partial charge on any atom is -0.507 e. The van der Waals surface area contributed by atoms with Gasteiger partial charge in [-0.05, 0) is 28.5 Å². The zero-order valence-electron chi connectivity index (χ0n) is 9.84. The van der Waals surface area contributed by atoms with Crippen molar-refractivity contribution in [3.63, 3.8) is 0 Å². The molecule has 0 unspecified atom stereocenters. The molecule has 0 amide bonds. The molecular weight excluding hydrogens is 252 g/mol. The van der Waals surface area contributed by atoms with Gasteiger partial charge in [-0.3, -0.25) is 0 Å². The van der Waals surface area contributed by atoms with Crippen LogP contribution in [0.1, 0.15) is 56.2 Å². The fourth-order valence-electron chi connectivity index (χ4n) is 1.70. The average Bonchev–Trinajstić information content (AvgIpc) is 2.17. The Bertz CT molecular complexity index is 313. The molecule has 0 saturated carbocycles. The van der Waals surface area contributed by atoms with Crippen molar-refractivity contribution in [2.45, 2.75) is 44.9 Å². The highest BCUT2D eigenvalue weighted by Gasteiger charge is 2.14. The van der Waals surface area contributed by atoms with Crippen LogP contribution in [0.4, 0.5) is 0 Å². The van der Waals surface area contributed by atoms with E-state index in [0.29, 0.717) is 17.6 Å². The second-order valence-electron chi connectivity index (χ2n) is 4.57. The van der Waals surface area contributed by atoms with E-state index in [1.807, 2.05) is 0 Å². The van der Waals surface area contributed by atoms with E-state index in [2.05, 4.69) is 55.8 Å².